The van der Waals surface area contributed by atoms with Crippen LogP contribution < -0.4 is 5.32 Å². The Hall–Kier alpha value is -0.920. The number of H-pyrrole nitrogens is 1. The van der Waals surface area contributed by atoms with Crippen LogP contribution in [-0.4, -0.2) is 49.6 Å². The van der Waals surface area contributed by atoms with Gasteiger partial charge in [0.25, 0.3) is 10.0 Å². The molecule has 0 aliphatic carbocycles. The molecule has 1 aromatic heterocycles. The summed E-state index contributed by atoms with van der Waals surface area (Å²) < 4.78 is 25.7. The first-order chi connectivity index (χ1) is 7.64. The van der Waals surface area contributed by atoms with Gasteiger partial charge < -0.3 is 5.32 Å². The van der Waals surface area contributed by atoms with E-state index >= 15 is 0 Å². The Balaban J connectivity index is 2.10. The summed E-state index contributed by atoms with van der Waals surface area (Å²) >= 11 is 0. The Labute approximate surface area is 95.1 Å². The van der Waals surface area contributed by atoms with Crippen molar-refractivity contribution in [2.45, 2.75) is 11.4 Å². The van der Waals surface area contributed by atoms with E-state index in [-0.39, 0.29) is 5.03 Å². The van der Waals surface area contributed by atoms with Crippen molar-refractivity contribution >= 4 is 10.0 Å². The molecule has 0 amide bonds. The summed E-state index contributed by atoms with van der Waals surface area (Å²) in [5.74, 6) is 0.405. The van der Waals surface area contributed by atoms with Gasteiger partial charge in [-0.25, -0.2) is 8.42 Å². The SMILES string of the molecule is CNCC1CCN(S(=O)(=O)c2ccn[nH]2)C1. The lowest BCUT2D eigenvalue weighted by Crippen LogP contribution is -2.30. The highest BCUT2D eigenvalue weighted by atomic mass is 32.2. The number of hydrogen-bond donors (Lipinski definition) is 2. The summed E-state index contributed by atoms with van der Waals surface area (Å²) in [5.41, 5.74) is 0. The molecule has 1 fully saturated rings. The lowest BCUT2D eigenvalue weighted by molar-refractivity contribution is 0.449. The van der Waals surface area contributed by atoms with Gasteiger partial charge in [-0.1, -0.05) is 0 Å². The highest BCUT2D eigenvalue weighted by Crippen LogP contribution is 2.22. The van der Waals surface area contributed by atoms with Gasteiger partial charge in [0, 0.05) is 13.1 Å². The topological polar surface area (TPSA) is 78.1 Å². The van der Waals surface area contributed by atoms with Gasteiger partial charge in [-0.05, 0) is 32.0 Å². The molecule has 1 atom stereocenters. The third-order valence-corrected chi connectivity index (χ3v) is 4.63. The van der Waals surface area contributed by atoms with Crippen molar-refractivity contribution in [3.63, 3.8) is 0 Å². The number of nitrogens with zero attached hydrogens (tertiary/aromatic N) is 2. The van der Waals surface area contributed by atoms with Gasteiger partial charge in [0.05, 0.1) is 6.20 Å². The molecule has 1 aliphatic rings. The summed E-state index contributed by atoms with van der Waals surface area (Å²) in [4.78, 5) is 0. The predicted octanol–water partition coefficient (Wildman–Crippen LogP) is -0.360. The second kappa shape index (κ2) is 4.52. The van der Waals surface area contributed by atoms with Gasteiger partial charge in [-0.3, -0.25) is 5.10 Å². The fourth-order valence-electron chi connectivity index (χ4n) is 2.00. The van der Waals surface area contributed by atoms with E-state index in [2.05, 4.69) is 15.5 Å². The molecule has 1 aliphatic heterocycles. The summed E-state index contributed by atoms with van der Waals surface area (Å²) in [6.07, 6.45) is 2.36. The van der Waals surface area contributed by atoms with Crippen LogP contribution in [0.2, 0.25) is 0 Å². The number of sulfonamides is 1. The fourth-order valence-corrected chi connectivity index (χ4v) is 3.43. The van der Waals surface area contributed by atoms with E-state index in [4.69, 9.17) is 0 Å². The third kappa shape index (κ3) is 2.11. The number of hydrogen-bond acceptors (Lipinski definition) is 4. The zero-order valence-electron chi connectivity index (χ0n) is 9.18. The van der Waals surface area contributed by atoms with Crippen LogP contribution in [0.25, 0.3) is 0 Å². The van der Waals surface area contributed by atoms with Crippen LogP contribution in [0.4, 0.5) is 0 Å². The zero-order chi connectivity index (χ0) is 11.6. The first-order valence-electron chi connectivity index (χ1n) is 5.28. The molecule has 1 unspecified atom stereocenters. The average molecular weight is 244 g/mol. The molecule has 0 spiro atoms. The molecule has 90 valence electrons. The lowest BCUT2D eigenvalue weighted by atomic mass is 10.1. The largest absolute Gasteiger partial charge is 0.319 e. The maximum atomic E-state index is 12.1. The molecule has 0 aromatic carbocycles. The highest BCUT2D eigenvalue weighted by Gasteiger charge is 2.32. The average Bonchev–Trinajstić information content (AvgIpc) is 2.88. The van der Waals surface area contributed by atoms with Crippen LogP contribution >= 0.6 is 0 Å². The van der Waals surface area contributed by atoms with Crippen molar-refractivity contribution in [2.75, 3.05) is 26.7 Å². The first kappa shape index (κ1) is 11.6. The summed E-state index contributed by atoms with van der Waals surface area (Å²) in [6, 6.07) is 1.49. The van der Waals surface area contributed by atoms with Crippen LogP contribution in [0.1, 0.15) is 6.42 Å². The molecule has 6 nitrogen and oxygen atoms in total. The van der Waals surface area contributed by atoms with Crippen molar-refractivity contribution < 1.29 is 8.42 Å². The lowest BCUT2D eigenvalue weighted by Gasteiger charge is -2.14. The quantitative estimate of drug-likeness (QED) is 0.758. The molecule has 1 saturated heterocycles. The van der Waals surface area contributed by atoms with Gasteiger partial charge in [-0.15, -0.1) is 0 Å². The van der Waals surface area contributed by atoms with E-state index in [9.17, 15) is 8.42 Å². The number of aromatic nitrogens is 2. The highest BCUT2D eigenvalue weighted by molar-refractivity contribution is 7.89. The monoisotopic (exact) mass is 244 g/mol. The molecule has 1 aromatic rings. The Morgan fingerprint density at radius 3 is 3.12 bits per heavy atom. The predicted molar refractivity (Wildman–Crippen MR) is 59.4 cm³/mol. The molecule has 2 N–H and O–H groups in total. The van der Waals surface area contributed by atoms with Crippen LogP contribution in [0.5, 0.6) is 0 Å². The minimum atomic E-state index is -3.36. The summed E-state index contributed by atoms with van der Waals surface area (Å²) in [7, 11) is -1.48. The van der Waals surface area contributed by atoms with Gasteiger partial charge in [0.1, 0.15) is 0 Å². The van der Waals surface area contributed by atoms with Crippen molar-refractivity contribution in [2.24, 2.45) is 5.92 Å². The second-order valence-electron chi connectivity index (χ2n) is 4.00. The second-order valence-corrected chi connectivity index (χ2v) is 5.90. The Bertz CT molecular complexity index is 428. The maximum absolute atomic E-state index is 12.1. The number of aromatic amines is 1. The van der Waals surface area contributed by atoms with E-state index in [0.717, 1.165) is 13.0 Å². The maximum Gasteiger partial charge on any atom is 0.259 e. The number of rotatable bonds is 4. The van der Waals surface area contributed by atoms with Crippen LogP contribution in [0.15, 0.2) is 17.3 Å². The zero-order valence-corrected chi connectivity index (χ0v) is 10.00. The van der Waals surface area contributed by atoms with Crippen molar-refractivity contribution in [3.8, 4) is 0 Å². The molecular weight excluding hydrogens is 228 g/mol. The molecule has 16 heavy (non-hydrogen) atoms. The third-order valence-electron chi connectivity index (χ3n) is 2.83. The molecule has 2 heterocycles. The van der Waals surface area contributed by atoms with Gasteiger partial charge in [-0.2, -0.15) is 9.40 Å². The molecule has 2 rings (SSSR count). The molecular formula is C9H16N4O2S. The fraction of sp³-hybridized carbons (Fsp3) is 0.667. The van der Waals surface area contributed by atoms with Gasteiger partial charge in [0.2, 0.25) is 0 Å². The minimum absolute atomic E-state index is 0.178. The van der Waals surface area contributed by atoms with E-state index in [1.54, 1.807) is 0 Å². The molecule has 0 bridgehead atoms. The minimum Gasteiger partial charge on any atom is -0.319 e. The van der Waals surface area contributed by atoms with E-state index in [1.807, 2.05) is 7.05 Å². The Morgan fingerprint density at radius 1 is 1.69 bits per heavy atom. The van der Waals surface area contributed by atoms with Crippen molar-refractivity contribution in [3.05, 3.63) is 12.3 Å². The van der Waals surface area contributed by atoms with Gasteiger partial charge >= 0.3 is 0 Å². The molecule has 0 radical (unpaired) electrons. The van der Waals surface area contributed by atoms with Crippen molar-refractivity contribution in [1.82, 2.24) is 19.8 Å². The van der Waals surface area contributed by atoms with Crippen molar-refractivity contribution in [1.29, 1.82) is 0 Å². The normalized spacial score (nSPS) is 22.7. The number of nitrogens with one attached hydrogen (secondary N) is 2. The van der Waals surface area contributed by atoms with E-state index in [0.29, 0.717) is 19.0 Å². The molecule has 7 heteroatoms. The van der Waals surface area contributed by atoms with E-state index in [1.165, 1.54) is 16.6 Å². The van der Waals surface area contributed by atoms with Crippen LogP contribution in [0.3, 0.4) is 0 Å². The summed E-state index contributed by atoms with van der Waals surface area (Å²) in [6.45, 7) is 2.03. The van der Waals surface area contributed by atoms with Crippen LogP contribution in [-0.2, 0) is 10.0 Å². The first-order valence-corrected chi connectivity index (χ1v) is 6.72. The molecule has 0 saturated carbocycles. The van der Waals surface area contributed by atoms with Gasteiger partial charge in [0.15, 0.2) is 5.03 Å². The summed E-state index contributed by atoms with van der Waals surface area (Å²) in [5, 5.41) is 9.43. The van der Waals surface area contributed by atoms with Crippen LogP contribution in [0, 0.1) is 5.92 Å². The smallest absolute Gasteiger partial charge is 0.259 e. The Morgan fingerprint density at radius 2 is 2.50 bits per heavy atom. The van der Waals surface area contributed by atoms with E-state index < -0.39 is 10.0 Å². The Kier molecular flexibility index (Phi) is 3.27. The standard InChI is InChI=1S/C9H16N4O2S/c1-10-6-8-3-5-13(7-8)16(14,15)9-2-4-11-12-9/h2,4,8,10H,3,5-7H2,1H3,(H,11,12).